The van der Waals surface area contributed by atoms with Crippen molar-refractivity contribution in [2.45, 2.75) is 19.3 Å². The van der Waals surface area contributed by atoms with Crippen LogP contribution < -0.4 is 5.32 Å². The van der Waals surface area contributed by atoms with E-state index in [9.17, 15) is 9.59 Å². The van der Waals surface area contributed by atoms with Crippen LogP contribution in [0.5, 0.6) is 0 Å². The molecule has 128 valence electrons. The number of carbonyl (C=O) groups is 2. The van der Waals surface area contributed by atoms with Gasteiger partial charge in [0, 0.05) is 42.8 Å². The zero-order valence-electron chi connectivity index (χ0n) is 13.6. The first-order valence-electron chi connectivity index (χ1n) is 8.39. The summed E-state index contributed by atoms with van der Waals surface area (Å²) in [7, 11) is 0. The normalized spacial score (nSPS) is 20.8. The van der Waals surface area contributed by atoms with Gasteiger partial charge in [0.15, 0.2) is 0 Å². The summed E-state index contributed by atoms with van der Waals surface area (Å²) >= 11 is 5.84. The largest absolute Gasteiger partial charge is 0.339 e. The summed E-state index contributed by atoms with van der Waals surface area (Å²) in [4.78, 5) is 28.5. The molecule has 0 aromatic heterocycles. The van der Waals surface area contributed by atoms with Crippen molar-refractivity contribution in [3.05, 3.63) is 41.4 Å². The maximum absolute atomic E-state index is 12.5. The first kappa shape index (κ1) is 16.8. The smallest absolute Gasteiger partial charge is 0.321 e. The minimum absolute atomic E-state index is 0.115. The molecule has 0 radical (unpaired) electrons. The molecule has 2 aliphatic rings. The molecule has 1 aliphatic heterocycles. The number of hydrogen-bond acceptors (Lipinski definition) is 2. The van der Waals surface area contributed by atoms with Gasteiger partial charge in [0.2, 0.25) is 5.91 Å². The van der Waals surface area contributed by atoms with Gasteiger partial charge in [-0.3, -0.25) is 4.79 Å². The van der Waals surface area contributed by atoms with Crippen molar-refractivity contribution in [2.24, 2.45) is 5.92 Å². The second kappa shape index (κ2) is 7.71. The monoisotopic (exact) mass is 347 g/mol. The van der Waals surface area contributed by atoms with Crippen molar-refractivity contribution in [1.29, 1.82) is 0 Å². The Hall–Kier alpha value is -2.01. The highest BCUT2D eigenvalue weighted by Gasteiger charge is 2.28. The first-order chi connectivity index (χ1) is 11.6. The van der Waals surface area contributed by atoms with Gasteiger partial charge in [0.1, 0.15) is 0 Å². The van der Waals surface area contributed by atoms with Crippen LogP contribution in [0.25, 0.3) is 0 Å². The van der Waals surface area contributed by atoms with E-state index in [4.69, 9.17) is 11.6 Å². The van der Waals surface area contributed by atoms with Crippen molar-refractivity contribution < 1.29 is 9.59 Å². The summed E-state index contributed by atoms with van der Waals surface area (Å²) in [6.45, 7) is 2.33. The van der Waals surface area contributed by atoms with Gasteiger partial charge in [0.05, 0.1) is 0 Å². The van der Waals surface area contributed by atoms with E-state index in [0.717, 1.165) is 24.9 Å². The zero-order valence-corrected chi connectivity index (χ0v) is 14.3. The molecule has 0 unspecified atom stereocenters. The summed E-state index contributed by atoms with van der Waals surface area (Å²) < 4.78 is 0. The van der Waals surface area contributed by atoms with Crippen LogP contribution in [0.2, 0.25) is 5.02 Å². The Bertz CT molecular complexity index is 622. The fourth-order valence-corrected chi connectivity index (χ4v) is 3.27. The molecule has 1 aromatic rings. The minimum atomic E-state index is -0.134. The molecule has 1 aromatic carbocycles. The van der Waals surface area contributed by atoms with Crippen LogP contribution in [-0.4, -0.2) is 47.9 Å². The summed E-state index contributed by atoms with van der Waals surface area (Å²) in [6.07, 6.45) is 7.01. The summed E-state index contributed by atoms with van der Waals surface area (Å²) in [5.74, 6) is 0.349. The minimum Gasteiger partial charge on any atom is -0.339 e. The maximum atomic E-state index is 12.5. The van der Waals surface area contributed by atoms with E-state index < -0.39 is 0 Å². The Balaban J connectivity index is 1.49. The van der Waals surface area contributed by atoms with Gasteiger partial charge >= 0.3 is 6.03 Å². The van der Waals surface area contributed by atoms with Crippen molar-refractivity contribution in [3.8, 4) is 0 Å². The molecule has 1 saturated heterocycles. The highest BCUT2D eigenvalue weighted by atomic mass is 35.5. The Morgan fingerprint density at radius 1 is 1.00 bits per heavy atom. The second-order valence-corrected chi connectivity index (χ2v) is 6.67. The van der Waals surface area contributed by atoms with Gasteiger partial charge in [0.25, 0.3) is 0 Å². The lowest BCUT2D eigenvalue weighted by Gasteiger charge is -2.36. The van der Waals surface area contributed by atoms with Crippen molar-refractivity contribution in [3.63, 3.8) is 0 Å². The zero-order chi connectivity index (χ0) is 16.9. The number of nitrogens with zero attached hydrogens (tertiary/aromatic N) is 2. The van der Waals surface area contributed by atoms with Crippen molar-refractivity contribution in [2.75, 3.05) is 31.5 Å². The van der Waals surface area contributed by atoms with E-state index in [2.05, 4.69) is 17.5 Å². The van der Waals surface area contributed by atoms with Crippen LogP contribution in [0.3, 0.4) is 0 Å². The Labute approximate surface area is 147 Å². The molecule has 5 nitrogen and oxygen atoms in total. The van der Waals surface area contributed by atoms with Gasteiger partial charge < -0.3 is 15.1 Å². The average molecular weight is 348 g/mol. The van der Waals surface area contributed by atoms with E-state index in [1.165, 1.54) is 0 Å². The number of nitrogens with one attached hydrogen (secondary N) is 1. The fraction of sp³-hybridized carbons (Fsp3) is 0.444. The van der Waals surface area contributed by atoms with Crippen LogP contribution >= 0.6 is 11.6 Å². The molecular weight excluding hydrogens is 326 g/mol. The molecule has 3 rings (SSSR count). The number of allylic oxidation sites excluding steroid dienone is 2. The first-order valence-corrected chi connectivity index (χ1v) is 8.76. The summed E-state index contributed by atoms with van der Waals surface area (Å²) in [6, 6.07) is 6.90. The molecule has 0 bridgehead atoms. The quantitative estimate of drug-likeness (QED) is 0.834. The summed E-state index contributed by atoms with van der Waals surface area (Å²) in [5, 5.41) is 3.50. The van der Waals surface area contributed by atoms with Gasteiger partial charge in [-0.05, 0) is 43.5 Å². The van der Waals surface area contributed by atoms with Gasteiger partial charge in [-0.25, -0.2) is 4.79 Å². The van der Waals surface area contributed by atoms with Crippen LogP contribution in [0.1, 0.15) is 19.3 Å². The molecule has 1 aliphatic carbocycles. The van der Waals surface area contributed by atoms with Crippen LogP contribution in [0.4, 0.5) is 10.5 Å². The number of urea groups is 1. The number of benzene rings is 1. The molecule has 1 heterocycles. The molecule has 24 heavy (non-hydrogen) atoms. The van der Waals surface area contributed by atoms with E-state index in [-0.39, 0.29) is 17.9 Å². The molecule has 6 heteroatoms. The number of carbonyl (C=O) groups excluding carboxylic acids is 2. The summed E-state index contributed by atoms with van der Waals surface area (Å²) in [5.41, 5.74) is 0.719. The SMILES string of the molecule is O=C(Nc1ccc(Cl)cc1)N1CCN(C(=O)[C@@H]2CC=CCC2)CC1. The highest BCUT2D eigenvalue weighted by molar-refractivity contribution is 6.30. The number of rotatable bonds is 2. The lowest BCUT2D eigenvalue weighted by atomic mass is 9.93. The molecule has 0 spiro atoms. The van der Waals surface area contributed by atoms with Gasteiger partial charge in [-0.15, -0.1) is 0 Å². The standard InChI is InChI=1S/C18H22ClN3O2/c19-15-6-8-16(9-7-15)20-18(24)22-12-10-21(11-13-22)17(23)14-4-2-1-3-5-14/h1-2,6-9,14H,3-5,10-13H2,(H,20,24)/t14-/m1/s1. The number of halogens is 1. The van der Waals surface area contributed by atoms with Crippen molar-refractivity contribution >= 4 is 29.2 Å². The predicted octanol–water partition coefficient (Wildman–Crippen LogP) is 3.37. The van der Waals surface area contributed by atoms with E-state index >= 15 is 0 Å². The maximum Gasteiger partial charge on any atom is 0.321 e. The third-order valence-electron chi connectivity index (χ3n) is 4.59. The van der Waals surface area contributed by atoms with Crippen LogP contribution in [0, 0.1) is 5.92 Å². The fourth-order valence-electron chi connectivity index (χ4n) is 3.14. The van der Waals surface area contributed by atoms with Gasteiger partial charge in [-0.1, -0.05) is 23.8 Å². The Kier molecular flexibility index (Phi) is 5.41. The highest BCUT2D eigenvalue weighted by Crippen LogP contribution is 2.21. The van der Waals surface area contributed by atoms with Crippen molar-refractivity contribution in [1.82, 2.24) is 9.80 Å². The van der Waals surface area contributed by atoms with Gasteiger partial charge in [-0.2, -0.15) is 0 Å². The molecule has 1 atom stereocenters. The third-order valence-corrected chi connectivity index (χ3v) is 4.84. The third kappa shape index (κ3) is 4.09. The lowest BCUT2D eigenvalue weighted by molar-refractivity contribution is -0.137. The average Bonchev–Trinajstić information content (AvgIpc) is 2.64. The van der Waals surface area contributed by atoms with E-state index in [1.54, 1.807) is 29.2 Å². The molecule has 0 saturated carbocycles. The molecule has 1 N–H and O–H groups in total. The number of piperazine rings is 1. The Morgan fingerprint density at radius 3 is 2.29 bits per heavy atom. The molecule has 1 fully saturated rings. The number of anilines is 1. The molecule has 3 amide bonds. The number of amides is 3. The van der Waals surface area contributed by atoms with E-state index in [0.29, 0.717) is 31.2 Å². The van der Waals surface area contributed by atoms with Crippen LogP contribution in [0.15, 0.2) is 36.4 Å². The predicted molar refractivity (Wildman–Crippen MR) is 95.1 cm³/mol. The molecular formula is C18H22ClN3O2. The van der Waals surface area contributed by atoms with E-state index in [1.807, 2.05) is 4.90 Å². The second-order valence-electron chi connectivity index (χ2n) is 6.23. The topological polar surface area (TPSA) is 52.7 Å². The Morgan fingerprint density at radius 2 is 1.67 bits per heavy atom. The van der Waals surface area contributed by atoms with Crippen LogP contribution in [-0.2, 0) is 4.79 Å². The lowest BCUT2D eigenvalue weighted by Crippen LogP contribution is -2.53. The number of hydrogen-bond donors (Lipinski definition) is 1.